The van der Waals surface area contributed by atoms with Gasteiger partial charge in [-0.25, -0.2) is 0 Å². The predicted molar refractivity (Wildman–Crippen MR) is 97.0 cm³/mol. The van der Waals surface area contributed by atoms with Crippen molar-refractivity contribution in [3.8, 4) is 0 Å². The van der Waals surface area contributed by atoms with Gasteiger partial charge >= 0.3 is 0 Å². The Bertz CT molecular complexity index is 664. The molecule has 1 unspecified atom stereocenters. The van der Waals surface area contributed by atoms with Crippen molar-refractivity contribution in [1.82, 2.24) is 19.7 Å². The minimum atomic E-state index is -0.0479. The van der Waals surface area contributed by atoms with Crippen LogP contribution in [0.15, 0.2) is 12.1 Å². The monoisotopic (exact) mass is 348 g/mol. The fourth-order valence-corrected chi connectivity index (χ4v) is 4.79. The first kappa shape index (κ1) is 17.6. The van der Waals surface area contributed by atoms with Crippen LogP contribution in [0.2, 0.25) is 0 Å². The Morgan fingerprint density at radius 3 is 2.79 bits per heavy atom. The number of likely N-dealkylation sites (tertiary alicyclic amines) is 1. The summed E-state index contributed by atoms with van der Waals surface area (Å²) >= 11 is 1.95. The van der Waals surface area contributed by atoms with Gasteiger partial charge in [0.2, 0.25) is 0 Å². The number of aliphatic hydroxyl groups excluding tert-OH is 1. The zero-order valence-electron chi connectivity index (χ0n) is 14.9. The lowest BCUT2D eigenvalue weighted by molar-refractivity contribution is 0.196. The maximum atomic E-state index is 9.31. The number of hydrogen-bond acceptors (Lipinski definition) is 5. The fraction of sp³-hybridized carbons (Fsp3) is 0.667. The standard InChI is InChI=1S/C18H28N4OS/c1-13(2)9-15-6-7-16(24-15)11-22-8-4-5-14(10-22)18-20-19-17(12-23)21(18)3/h6-7,13-14,23H,4-5,8-12H2,1-3H3. The van der Waals surface area contributed by atoms with Crippen molar-refractivity contribution in [2.75, 3.05) is 13.1 Å². The highest BCUT2D eigenvalue weighted by atomic mass is 32.1. The fourth-order valence-electron chi connectivity index (χ4n) is 3.52. The largest absolute Gasteiger partial charge is 0.388 e. The normalized spacial score (nSPS) is 19.3. The smallest absolute Gasteiger partial charge is 0.158 e. The molecule has 6 heteroatoms. The number of aromatic nitrogens is 3. The van der Waals surface area contributed by atoms with Crippen LogP contribution >= 0.6 is 11.3 Å². The molecule has 0 aliphatic carbocycles. The van der Waals surface area contributed by atoms with Crippen LogP contribution in [0.5, 0.6) is 0 Å². The molecule has 1 fully saturated rings. The quantitative estimate of drug-likeness (QED) is 0.872. The van der Waals surface area contributed by atoms with E-state index in [2.05, 4.69) is 41.1 Å². The molecule has 1 aliphatic heterocycles. The number of aliphatic hydroxyl groups is 1. The van der Waals surface area contributed by atoms with Crippen LogP contribution in [0.3, 0.4) is 0 Å². The van der Waals surface area contributed by atoms with Gasteiger partial charge in [-0.15, -0.1) is 21.5 Å². The summed E-state index contributed by atoms with van der Waals surface area (Å²) in [5.74, 6) is 2.79. The predicted octanol–water partition coefficient (Wildman–Crippen LogP) is 2.95. The third-order valence-corrected chi connectivity index (χ3v) is 5.81. The van der Waals surface area contributed by atoms with Gasteiger partial charge in [-0.1, -0.05) is 13.8 Å². The summed E-state index contributed by atoms with van der Waals surface area (Å²) in [7, 11) is 1.96. The van der Waals surface area contributed by atoms with Crippen LogP contribution in [-0.2, 0) is 26.6 Å². The van der Waals surface area contributed by atoms with Crippen molar-refractivity contribution in [2.45, 2.75) is 52.2 Å². The highest BCUT2D eigenvalue weighted by Crippen LogP contribution is 2.28. The molecule has 3 rings (SSSR count). The number of nitrogens with zero attached hydrogens (tertiary/aromatic N) is 4. The molecule has 1 atom stereocenters. The molecule has 0 saturated carbocycles. The van der Waals surface area contributed by atoms with Crippen molar-refractivity contribution in [3.05, 3.63) is 33.5 Å². The molecular weight excluding hydrogens is 320 g/mol. The number of thiophene rings is 1. The van der Waals surface area contributed by atoms with E-state index in [9.17, 15) is 5.11 Å². The van der Waals surface area contributed by atoms with Crippen molar-refractivity contribution in [3.63, 3.8) is 0 Å². The zero-order chi connectivity index (χ0) is 17.1. The highest BCUT2D eigenvalue weighted by molar-refractivity contribution is 7.11. The Kier molecular flexibility index (Phi) is 5.69. The van der Waals surface area contributed by atoms with Crippen molar-refractivity contribution >= 4 is 11.3 Å². The molecule has 1 aliphatic rings. The van der Waals surface area contributed by atoms with E-state index in [0.717, 1.165) is 31.9 Å². The lowest BCUT2D eigenvalue weighted by Crippen LogP contribution is -2.34. The van der Waals surface area contributed by atoms with Crippen molar-refractivity contribution in [1.29, 1.82) is 0 Å². The number of rotatable bonds is 6. The van der Waals surface area contributed by atoms with Gasteiger partial charge in [-0.2, -0.15) is 0 Å². The summed E-state index contributed by atoms with van der Waals surface area (Å²) in [6.07, 6.45) is 3.52. The molecule has 24 heavy (non-hydrogen) atoms. The van der Waals surface area contributed by atoms with E-state index in [1.165, 1.54) is 22.6 Å². The summed E-state index contributed by atoms with van der Waals surface area (Å²) < 4.78 is 1.96. The average molecular weight is 349 g/mol. The van der Waals surface area contributed by atoms with Gasteiger partial charge in [0.15, 0.2) is 5.82 Å². The topological polar surface area (TPSA) is 54.2 Å². The van der Waals surface area contributed by atoms with E-state index in [-0.39, 0.29) is 6.61 Å². The van der Waals surface area contributed by atoms with Gasteiger partial charge in [0.1, 0.15) is 12.4 Å². The summed E-state index contributed by atoms with van der Waals surface area (Å²) in [6.45, 7) is 7.71. The van der Waals surface area contributed by atoms with E-state index in [4.69, 9.17) is 0 Å². The van der Waals surface area contributed by atoms with Gasteiger partial charge in [0.25, 0.3) is 0 Å². The maximum absolute atomic E-state index is 9.31. The Labute approximate surface area is 148 Å². The van der Waals surface area contributed by atoms with Gasteiger partial charge < -0.3 is 9.67 Å². The third kappa shape index (κ3) is 4.05. The molecule has 0 spiro atoms. The molecule has 0 amide bonds. The van der Waals surface area contributed by atoms with Crippen molar-refractivity contribution in [2.24, 2.45) is 13.0 Å². The van der Waals surface area contributed by atoms with E-state index in [1.54, 1.807) is 0 Å². The molecule has 1 saturated heterocycles. The second-order valence-electron chi connectivity index (χ2n) is 7.23. The Hall–Kier alpha value is -1.24. The van der Waals surface area contributed by atoms with Crippen molar-refractivity contribution < 1.29 is 5.11 Å². The SMILES string of the molecule is CC(C)Cc1ccc(CN2CCCC(c3nnc(CO)n3C)C2)s1. The summed E-state index contributed by atoms with van der Waals surface area (Å²) in [5, 5.41) is 17.7. The first-order valence-electron chi connectivity index (χ1n) is 8.85. The van der Waals surface area contributed by atoms with Crippen LogP contribution in [0, 0.1) is 5.92 Å². The Balaban J connectivity index is 1.63. The molecule has 0 radical (unpaired) electrons. The summed E-state index contributed by atoms with van der Waals surface area (Å²) in [5.41, 5.74) is 0. The van der Waals surface area contributed by atoms with Crippen LogP contribution in [0.4, 0.5) is 0 Å². The minimum Gasteiger partial charge on any atom is -0.388 e. The zero-order valence-corrected chi connectivity index (χ0v) is 15.7. The van der Waals surface area contributed by atoms with E-state index in [0.29, 0.717) is 17.7 Å². The first-order valence-corrected chi connectivity index (χ1v) is 9.67. The van der Waals surface area contributed by atoms with E-state index < -0.39 is 0 Å². The molecule has 0 bridgehead atoms. The lowest BCUT2D eigenvalue weighted by atomic mass is 9.97. The molecule has 0 aromatic carbocycles. The Morgan fingerprint density at radius 2 is 2.08 bits per heavy atom. The second kappa shape index (κ2) is 7.76. The summed E-state index contributed by atoms with van der Waals surface area (Å²) in [4.78, 5) is 5.49. The maximum Gasteiger partial charge on any atom is 0.158 e. The molecule has 3 heterocycles. The van der Waals surface area contributed by atoms with Crippen LogP contribution in [0.25, 0.3) is 0 Å². The van der Waals surface area contributed by atoms with Gasteiger partial charge in [0, 0.05) is 35.8 Å². The molecular formula is C18H28N4OS. The van der Waals surface area contributed by atoms with Crippen LogP contribution in [0.1, 0.15) is 54.0 Å². The number of hydrogen-bond donors (Lipinski definition) is 1. The summed E-state index contributed by atoms with van der Waals surface area (Å²) in [6, 6.07) is 4.58. The van der Waals surface area contributed by atoms with E-state index in [1.807, 2.05) is 23.0 Å². The van der Waals surface area contributed by atoms with Gasteiger partial charge in [-0.3, -0.25) is 4.90 Å². The van der Waals surface area contributed by atoms with Crippen LogP contribution < -0.4 is 0 Å². The number of piperidine rings is 1. The van der Waals surface area contributed by atoms with Gasteiger partial charge in [0.05, 0.1) is 0 Å². The van der Waals surface area contributed by atoms with Gasteiger partial charge in [-0.05, 0) is 43.9 Å². The lowest BCUT2D eigenvalue weighted by Gasteiger charge is -2.31. The second-order valence-corrected chi connectivity index (χ2v) is 8.48. The molecule has 1 N–H and O–H groups in total. The average Bonchev–Trinajstić information content (AvgIpc) is 3.13. The third-order valence-electron chi connectivity index (χ3n) is 4.72. The highest BCUT2D eigenvalue weighted by Gasteiger charge is 2.26. The molecule has 132 valence electrons. The Morgan fingerprint density at radius 1 is 1.29 bits per heavy atom. The minimum absolute atomic E-state index is 0.0479. The molecule has 2 aromatic rings. The van der Waals surface area contributed by atoms with E-state index >= 15 is 0 Å². The van der Waals surface area contributed by atoms with Crippen LogP contribution in [-0.4, -0.2) is 37.9 Å². The first-order chi connectivity index (χ1) is 11.6. The molecule has 2 aromatic heterocycles. The molecule has 5 nitrogen and oxygen atoms in total.